The highest BCUT2D eigenvalue weighted by molar-refractivity contribution is 7.99. The lowest BCUT2D eigenvalue weighted by molar-refractivity contribution is 0.102. The molecule has 0 aliphatic carbocycles. The monoisotopic (exact) mass is 394 g/mol. The predicted octanol–water partition coefficient (Wildman–Crippen LogP) is 5.62. The van der Waals surface area contributed by atoms with Crippen LogP contribution in [0, 0.1) is 11.3 Å². The van der Waals surface area contributed by atoms with E-state index in [1.165, 1.54) is 18.9 Å². The van der Waals surface area contributed by atoms with Crippen molar-refractivity contribution in [3.05, 3.63) is 82.9 Å². The van der Waals surface area contributed by atoms with Crippen molar-refractivity contribution in [3.63, 3.8) is 0 Å². The highest BCUT2D eigenvalue weighted by Gasteiger charge is 2.14. The molecule has 3 rings (SSSR count). The molecule has 3 aromatic rings. The van der Waals surface area contributed by atoms with E-state index in [4.69, 9.17) is 16.3 Å². The Hall–Kier alpha value is -2.94. The summed E-state index contributed by atoms with van der Waals surface area (Å²) in [6.45, 7) is 0. The van der Waals surface area contributed by atoms with Crippen molar-refractivity contribution in [2.24, 2.45) is 0 Å². The Balaban J connectivity index is 1.86. The van der Waals surface area contributed by atoms with Crippen molar-refractivity contribution < 1.29 is 9.53 Å². The molecule has 1 amide bonds. The number of halogens is 1. The number of methoxy groups -OCH3 is 1. The molecule has 0 unspecified atom stereocenters. The van der Waals surface area contributed by atoms with Gasteiger partial charge in [-0.3, -0.25) is 4.79 Å². The normalized spacial score (nSPS) is 10.1. The fourth-order valence-electron chi connectivity index (χ4n) is 2.45. The molecule has 0 bridgehead atoms. The second-order valence-corrected chi connectivity index (χ2v) is 7.00. The number of nitriles is 1. The number of anilines is 1. The second kappa shape index (κ2) is 8.63. The number of rotatable bonds is 5. The minimum Gasteiger partial charge on any atom is -0.495 e. The van der Waals surface area contributed by atoms with Crippen molar-refractivity contribution in [2.45, 2.75) is 9.79 Å². The summed E-state index contributed by atoms with van der Waals surface area (Å²) >= 11 is 7.50. The van der Waals surface area contributed by atoms with Gasteiger partial charge in [-0.1, -0.05) is 47.6 Å². The molecule has 134 valence electrons. The van der Waals surface area contributed by atoms with Crippen LogP contribution in [0.25, 0.3) is 0 Å². The highest BCUT2D eigenvalue weighted by atomic mass is 35.5. The maximum Gasteiger partial charge on any atom is 0.256 e. The summed E-state index contributed by atoms with van der Waals surface area (Å²) in [6.07, 6.45) is 0. The van der Waals surface area contributed by atoms with E-state index in [0.717, 1.165) is 9.79 Å². The van der Waals surface area contributed by atoms with Crippen molar-refractivity contribution in [3.8, 4) is 11.8 Å². The summed E-state index contributed by atoms with van der Waals surface area (Å²) in [7, 11) is 1.53. The minimum atomic E-state index is -0.256. The van der Waals surface area contributed by atoms with Gasteiger partial charge < -0.3 is 10.1 Å². The van der Waals surface area contributed by atoms with Crippen LogP contribution in [0.5, 0.6) is 5.75 Å². The van der Waals surface area contributed by atoms with Crippen LogP contribution in [-0.4, -0.2) is 13.0 Å². The number of hydrogen-bond donors (Lipinski definition) is 1. The van der Waals surface area contributed by atoms with Gasteiger partial charge in [-0.25, -0.2) is 0 Å². The Labute approximate surface area is 166 Å². The zero-order valence-electron chi connectivity index (χ0n) is 14.4. The lowest BCUT2D eigenvalue weighted by atomic mass is 10.2. The van der Waals surface area contributed by atoms with Crippen LogP contribution in [0.2, 0.25) is 5.02 Å². The van der Waals surface area contributed by atoms with Crippen molar-refractivity contribution >= 4 is 35.0 Å². The molecule has 0 aromatic heterocycles. The van der Waals surface area contributed by atoms with Crippen LogP contribution >= 0.6 is 23.4 Å². The number of hydrogen-bond acceptors (Lipinski definition) is 4. The van der Waals surface area contributed by atoms with Gasteiger partial charge in [0.15, 0.2) is 0 Å². The Morgan fingerprint density at radius 3 is 2.48 bits per heavy atom. The number of ether oxygens (including phenoxy) is 1. The largest absolute Gasteiger partial charge is 0.495 e. The van der Waals surface area contributed by atoms with Crippen LogP contribution in [0.3, 0.4) is 0 Å². The first-order valence-corrected chi connectivity index (χ1v) is 9.22. The average molecular weight is 395 g/mol. The Kier molecular flexibility index (Phi) is 6.02. The van der Waals surface area contributed by atoms with E-state index < -0.39 is 0 Å². The first-order valence-electron chi connectivity index (χ1n) is 8.03. The summed E-state index contributed by atoms with van der Waals surface area (Å²) in [5.74, 6) is 0.285. The molecule has 0 saturated carbocycles. The van der Waals surface area contributed by atoms with Gasteiger partial charge in [0, 0.05) is 15.5 Å². The molecule has 4 nitrogen and oxygen atoms in total. The fourth-order valence-corrected chi connectivity index (χ4v) is 3.73. The van der Waals surface area contributed by atoms with E-state index in [0.29, 0.717) is 27.6 Å². The van der Waals surface area contributed by atoms with Crippen LogP contribution in [0.1, 0.15) is 15.9 Å². The molecule has 0 spiro atoms. The van der Waals surface area contributed by atoms with E-state index in [2.05, 4.69) is 11.4 Å². The summed E-state index contributed by atoms with van der Waals surface area (Å²) < 4.78 is 5.12. The lowest BCUT2D eigenvalue weighted by Gasteiger charge is -2.11. The molecule has 0 radical (unpaired) electrons. The molecule has 27 heavy (non-hydrogen) atoms. The first kappa shape index (κ1) is 18.8. The molecule has 0 saturated heterocycles. The molecule has 0 fully saturated rings. The topological polar surface area (TPSA) is 62.1 Å². The summed E-state index contributed by atoms with van der Waals surface area (Å²) in [5, 5.41) is 12.5. The third-order valence-corrected chi connectivity index (χ3v) is 5.22. The van der Waals surface area contributed by atoms with Crippen molar-refractivity contribution in [1.82, 2.24) is 0 Å². The summed E-state index contributed by atoms with van der Waals surface area (Å²) in [5.41, 5.74) is 1.66. The number of benzene rings is 3. The van der Waals surface area contributed by atoms with Gasteiger partial charge in [-0.05, 0) is 42.5 Å². The first-order chi connectivity index (χ1) is 13.1. The Morgan fingerprint density at radius 1 is 1.07 bits per heavy atom. The minimum absolute atomic E-state index is 0.256. The third kappa shape index (κ3) is 4.43. The van der Waals surface area contributed by atoms with E-state index in [-0.39, 0.29) is 5.91 Å². The molecule has 0 heterocycles. The van der Waals surface area contributed by atoms with Gasteiger partial charge in [-0.2, -0.15) is 5.26 Å². The van der Waals surface area contributed by atoms with E-state index in [9.17, 15) is 10.1 Å². The Bertz CT molecular complexity index is 1030. The number of amides is 1. The molecular formula is C21H15ClN2O2S. The Morgan fingerprint density at radius 2 is 1.78 bits per heavy atom. The van der Waals surface area contributed by atoms with Crippen LogP contribution in [-0.2, 0) is 0 Å². The fraction of sp³-hybridized carbons (Fsp3) is 0.0476. The number of carbonyl (C=O) groups excluding carboxylic acids is 1. The zero-order valence-corrected chi connectivity index (χ0v) is 16.0. The standard InChI is InChI=1S/C21H15ClN2O2S/c1-26-18-11-10-15(12-17(18)22)24-21(25)16-7-3-5-9-20(16)27-19-8-4-2-6-14(19)13-23/h2-12H,1H3,(H,24,25). The second-order valence-electron chi connectivity index (χ2n) is 5.51. The van der Waals surface area contributed by atoms with E-state index in [1.54, 1.807) is 36.4 Å². The van der Waals surface area contributed by atoms with Crippen LogP contribution < -0.4 is 10.1 Å². The van der Waals surface area contributed by atoms with E-state index in [1.807, 2.05) is 30.3 Å². The lowest BCUT2D eigenvalue weighted by Crippen LogP contribution is -2.13. The molecule has 0 atom stereocenters. The molecule has 1 N–H and O–H groups in total. The van der Waals surface area contributed by atoms with Gasteiger partial charge in [0.05, 0.1) is 23.3 Å². The van der Waals surface area contributed by atoms with Gasteiger partial charge in [0.1, 0.15) is 11.8 Å². The van der Waals surface area contributed by atoms with Crippen LogP contribution in [0.15, 0.2) is 76.5 Å². The number of nitrogens with zero attached hydrogens (tertiary/aromatic N) is 1. The van der Waals surface area contributed by atoms with Crippen molar-refractivity contribution in [1.29, 1.82) is 5.26 Å². The van der Waals surface area contributed by atoms with Crippen molar-refractivity contribution in [2.75, 3.05) is 12.4 Å². The molecule has 0 aliphatic rings. The molecule has 6 heteroatoms. The summed E-state index contributed by atoms with van der Waals surface area (Å²) in [6, 6.07) is 21.8. The van der Waals surface area contributed by atoms with Gasteiger partial charge in [0.25, 0.3) is 5.91 Å². The molecule has 0 aliphatic heterocycles. The number of carbonyl (C=O) groups is 1. The van der Waals surface area contributed by atoms with Gasteiger partial charge >= 0.3 is 0 Å². The number of nitrogens with one attached hydrogen (secondary N) is 1. The highest BCUT2D eigenvalue weighted by Crippen LogP contribution is 2.33. The van der Waals surface area contributed by atoms with Gasteiger partial charge in [0.2, 0.25) is 0 Å². The van der Waals surface area contributed by atoms with Gasteiger partial charge in [-0.15, -0.1) is 0 Å². The third-order valence-electron chi connectivity index (χ3n) is 3.77. The smallest absolute Gasteiger partial charge is 0.256 e. The average Bonchev–Trinajstić information content (AvgIpc) is 2.69. The maximum absolute atomic E-state index is 12.8. The quantitative estimate of drug-likeness (QED) is 0.609. The summed E-state index contributed by atoms with van der Waals surface area (Å²) in [4.78, 5) is 14.3. The maximum atomic E-state index is 12.8. The van der Waals surface area contributed by atoms with Crippen LogP contribution in [0.4, 0.5) is 5.69 Å². The zero-order chi connectivity index (χ0) is 19.2. The predicted molar refractivity (Wildman–Crippen MR) is 108 cm³/mol. The SMILES string of the molecule is COc1ccc(NC(=O)c2ccccc2Sc2ccccc2C#N)cc1Cl. The van der Waals surface area contributed by atoms with E-state index >= 15 is 0 Å². The molecular weight excluding hydrogens is 380 g/mol. The molecule has 3 aromatic carbocycles.